The molecule has 0 radical (unpaired) electrons. The van der Waals surface area contributed by atoms with Crippen molar-refractivity contribution in [3.8, 4) is 33.4 Å². The molecule has 236 valence electrons. The third-order valence-corrected chi connectivity index (χ3v) is 10.9. The minimum Gasteiger partial charge on any atom is -0.456 e. The maximum atomic E-state index is 6.27. The number of hydrogen-bond acceptors (Lipinski definition) is 1. The van der Waals surface area contributed by atoms with Crippen LogP contribution in [0.1, 0.15) is 0 Å². The summed E-state index contributed by atoms with van der Waals surface area (Å²) in [6.07, 6.45) is 0. The fourth-order valence-corrected chi connectivity index (χ4v) is 8.64. The molecule has 0 atom stereocenters. The molecule has 0 aliphatic heterocycles. The first-order chi connectivity index (χ1) is 25.3. The van der Waals surface area contributed by atoms with Crippen LogP contribution in [0.3, 0.4) is 0 Å². The number of para-hydroxylation sites is 1. The van der Waals surface area contributed by atoms with Gasteiger partial charge in [-0.25, -0.2) is 0 Å². The van der Waals surface area contributed by atoms with Crippen molar-refractivity contribution in [2.45, 2.75) is 0 Å². The van der Waals surface area contributed by atoms with Crippen molar-refractivity contribution in [2.75, 3.05) is 0 Å². The molecule has 1 heterocycles. The summed E-state index contributed by atoms with van der Waals surface area (Å²) in [7, 11) is 0. The molecule has 0 saturated heterocycles. The number of hydrogen-bond donors (Lipinski definition) is 0. The van der Waals surface area contributed by atoms with Crippen LogP contribution in [0, 0.1) is 0 Å². The average Bonchev–Trinajstić information content (AvgIpc) is 3.59. The summed E-state index contributed by atoms with van der Waals surface area (Å²) in [4.78, 5) is 0. The highest BCUT2D eigenvalue weighted by Crippen LogP contribution is 2.47. The van der Waals surface area contributed by atoms with E-state index in [4.69, 9.17) is 4.42 Å². The molecule has 51 heavy (non-hydrogen) atoms. The highest BCUT2D eigenvalue weighted by Gasteiger charge is 2.20. The van der Waals surface area contributed by atoms with Crippen LogP contribution in [0.5, 0.6) is 0 Å². The molecule has 1 heteroatoms. The van der Waals surface area contributed by atoms with Crippen LogP contribution >= 0.6 is 0 Å². The molecule has 0 bridgehead atoms. The highest BCUT2D eigenvalue weighted by molar-refractivity contribution is 6.26. The summed E-state index contributed by atoms with van der Waals surface area (Å²) >= 11 is 0. The van der Waals surface area contributed by atoms with Gasteiger partial charge in [0.25, 0.3) is 0 Å². The van der Waals surface area contributed by atoms with Crippen molar-refractivity contribution in [3.05, 3.63) is 182 Å². The normalized spacial score (nSPS) is 11.9. The van der Waals surface area contributed by atoms with Gasteiger partial charge in [-0.2, -0.15) is 0 Å². The Morgan fingerprint density at radius 1 is 0.275 bits per heavy atom. The van der Waals surface area contributed by atoms with Gasteiger partial charge in [0.05, 0.1) is 0 Å². The molecule has 0 saturated carbocycles. The van der Waals surface area contributed by atoms with Crippen LogP contribution in [0.4, 0.5) is 0 Å². The zero-order valence-electron chi connectivity index (χ0n) is 27.7. The van der Waals surface area contributed by atoms with Crippen LogP contribution in [-0.2, 0) is 0 Å². The van der Waals surface area contributed by atoms with Crippen molar-refractivity contribution < 1.29 is 4.42 Å². The first-order valence-corrected chi connectivity index (χ1v) is 17.6. The number of benzene rings is 10. The van der Waals surface area contributed by atoms with E-state index >= 15 is 0 Å². The Morgan fingerprint density at radius 2 is 0.804 bits per heavy atom. The second kappa shape index (κ2) is 10.9. The molecule has 0 aliphatic rings. The van der Waals surface area contributed by atoms with E-state index in [-0.39, 0.29) is 0 Å². The van der Waals surface area contributed by atoms with E-state index in [0.29, 0.717) is 0 Å². The van der Waals surface area contributed by atoms with Crippen molar-refractivity contribution >= 4 is 75.8 Å². The Hall–Kier alpha value is -6.70. The van der Waals surface area contributed by atoms with Gasteiger partial charge in [-0.05, 0) is 105 Å². The molecule has 1 aromatic heterocycles. The number of rotatable bonds is 3. The maximum absolute atomic E-state index is 6.27. The van der Waals surface area contributed by atoms with Gasteiger partial charge in [-0.15, -0.1) is 0 Å². The second-order valence-electron chi connectivity index (χ2n) is 13.5. The standard InChI is InChI=1S/C50H30O/c1-2-13-32-30-33(25-24-31(32)12-1)48-40-16-5-7-18-42(40)49(43-19-8-6-17-41(43)48)44-27-26-37(34-14-3-4-15-36(34)44)35-21-11-22-39-38(35)28-29-47-50(39)45-20-9-10-23-46(45)51-47/h1-30H. The van der Waals surface area contributed by atoms with Gasteiger partial charge in [0, 0.05) is 10.8 Å². The first kappa shape index (κ1) is 28.2. The van der Waals surface area contributed by atoms with Crippen LogP contribution < -0.4 is 0 Å². The predicted molar refractivity (Wildman–Crippen MR) is 218 cm³/mol. The SMILES string of the molecule is c1ccc2cc(-c3c4ccccc4c(-c4ccc(-c5cccc6c5ccc5oc7ccccc7c56)c5ccccc45)c4ccccc34)ccc2c1. The van der Waals surface area contributed by atoms with E-state index in [1.807, 2.05) is 6.07 Å². The maximum Gasteiger partial charge on any atom is 0.136 e. The smallest absolute Gasteiger partial charge is 0.136 e. The minimum absolute atomic E-state index is 0.922. The fraction of sp³-hybridized carbons (Fsp3) is 0. The van der Waals surface area contributed by atoms with Crippen molar-refractivity contribution in [3.63, 3.8) is 0 Å². The van der Waals surface area contributed by atoms with Crippen LogP contribution in [0.15, 0.2) is 186 Å². The Labute approximate surface area is 294 Å². The molecule has 10 aromatic carbocycles. The van der Waals surface area contributed by atoms with Gasteiger partial charge in [0.1, 0.15) is 11.2 Å². The van der Waals surface area contributed by atoms with E-state index < -0.39 is 0 Å². The molecule has 0 fully saturated rings. The van der Waals surface area contributed by atoms with E-state index in [1.165, 1.54) is 92.6 Å². The zero-order valence-corrected chi connectivity index (χ0v) is 27.7. The molecule has 0 unspecified atom stereocenters. The lowest BCUT2D eigenvalue weighted by molar-refractivity contribution is 0.669. The zero-order chi connectivity index (χ0) is 33.5. The lowest BCUT2D eigenvalue weighted by Gasteiger charge is -2.20. The van der Waals surface area contributed by atoms with Crippen molar-refractivity contribution in [1.29, 1.82) is 0 Å². The van der Waals surface area contributed by atoms with E-state index in [1.54, 1.807) is 0 Å². The molecule has 0 aliphatic carbocycles. The van der Waals surface area contributed by atoms with E-state index in [9.17, 15) is 0 Å². The second-order valence-corrected chi connectivity index (χ2v) is 13.5. The van der Waals surface area contributed by atoms with Crippen LogP contribution in [-0.4, -0.2) is 0 Å². The number of furan rings is 1. The van der Waals surface area contributed by atoms with Gasteiger partial charge in [0.2, 0.25) is 0 Å². The Kier molecular flexibility index (Phi) is 6.02. The van der Waals surface area contributed by atoms with E-state index in [0.717, 1.165) is 16.6 Å². The fourth-order valence-electron chi connectivity index (χ4n) is 8.64. The molecule has 0 spiro atoms. The highest BCUT2D eigenvalue weighted by atomic mass is 16.3. The Bertz CT molecular complexity index is 3140. The molecule has 11 rings (SSSR count). The van der Waals surface area contributed by atoms with Crippen LogP contribution in [0.2, 0.25) is 0 Å². The average molecular weight is 647 g/mol. The summed E-state index contributed by atoms with van der Waals surface area (Å²) in [5.41, 5.74) is 9.34. The quantitative estimate of drug-likeness (QED) is 0.174. The third-order valence-electron chi connectivity index (χ3n) is 10.9. The van der Waals surface area contributed by atoms with Crippen molar-refractivity contribution in [1.82, 2.24) is 0 Å². The van der Waals surface area contributed by atoms with Gasteiger partial charge >= 0.3 is 0 Å². The van der Waals surface area contributed by atoms with E-state index in [2.05, 4.69) is 176 Å². The molecular formula is C50H30O. The van der Waals surface area contributed by atoms with Crippen molar-refractivity contribution in [2.24, 2.45) is 0 Å². The summed E-state index contributed by atoms with van der Waals surface area (Å²) in [5.74, 6) is 0. The van der Waals surface area contributed by atoms with Crippen LogP contribution in [0.25, 0.3) is 109 Å². The van der Waals surface area contributed by atoms with Gasteiger partial charge in [-0.1, -0.05) is 164 Å². The summed E-state index contributed by atoms with van der Waals surface area (Å²) in [5, 5.41) is 14.8. The monoisotopic (exact) mass is 646 g/mol. The molecular weight excluding hydrogens is 617 g/mol. The lowest BCUT2D eigenvalue weighted by atomic mass is 9.83. The summed E-state index contributed by atoms with van der Waals surface area (Å²) < 4.78 is 6.27. The van der Waals surface area contributed by atoms with Gasteiger partial charge in [-0.3, -0.25) is 0 Å². The van der Waals surface area contributed by atoms with Gasteiger partial charge < -0.3 is 4.42 Å². The Morgan fingerprint density at radius 3 is 1.55 bits per heavy atom. The molecule has 0 amide bonds. The third kappa shape index (κ3) is 4.16. The Balaban J connectivity index is 1.19. The summed E-state index contributed by atoms with van der Waals surface area (Å²) in [6, 6.07) is 66.4. The first-order valence-electron chi connectivity index (χ1n) is 17.6. The minimum atomic E-state index is 0.922. The topological polar surface area (TPSA) is 13.1 Å². The largest absolute Gasteiger partial charge is 0.456 e. The summed E-state index contributed by atoms with van der Waals surface area (Å²) in [6.45, 7) is 0. The molecule has 0 N–H and O–H groups in total. The number of fused-ring (bicyclic) bond motifs is 9. The van der Waals surface area contributed by atoms with Gasteiger partial charge in [0.15, 0.2) is 0 Å². The molecule has 1 nitrogen and oxygen atoms in total. The predicted octanol–water partition coefficient (Wildman–Crippen LogP) is 14.4. The molecule has 11 aromatic rings. The lowest BCUT2D eigenvalue weighted by Crippen LogP contribution is -1.93.